The summed E-state index contributed by atoms with van der Waals surface area (Å²) in [6.07, 6.45) is -1.82. The van der Waals surface area contributed by atoms with E-state index in [-0.39, 0.29) is 30.5 Å². The van der Waals surface area contributed by atoms with Gasteiger partial charge in [0.1, 0.15) is 18.2 Å². The summed E-state index contributed by atoms with van der Waals surface area (Å²) in [5.74, 6) is -0.485. The molecule has 0 aliphatic rings. The van der Waals surface area contributed by atoms with Crippen LogP contribution in [0.3, 0.4) is 0 Å². The van der Waals surface area contributed by atoms with Gasteiger partial charge in [0, 0.05) is 30.7 Å². The molecule has 0 fully saturated rings. The minimum absolute atomic E-state index is 0.0370. The number of nitrogens with zero attached hydrogens (tertiary/aromatic N) is 5. The third-order valence-corrected chi connectivity index (χ3v) is 4.80. The summed E-state index contributed by atoms with van der Waals surface area (Å²) < 4.78 is 53.8. The van der Waals surface area contributed by atoms with Gasteiger partial charge in [0.05, 0.1) is 24.3 Å². The number of imidazole rings is 1. The minimum atomic E-state index is -4.37. The van der Waals surface area contributed by atoms with Crippen molar-refractivity contribution in [3.8, 4) is 5.69 Å². The fourth-order valence-electron chi connectivity index (χ4n) is 3.18. The maximum absolute atomic E-state index is 13.2. The lowest BCUT2D eigenvalue weighted by Crippen LogP contribution is -2.30. The van der Waals surface area contributed by atoms with E-state index in [4.69, 9.17) is 0 Å². The van der Waals surface area contributed by atoms with Crippen LogP contribution in [-0.4, -0.2) is 43.4 Å². The number of amides is 1. The number of rotatable bonds is 6. The van der Waals surface area contributed by atoms with Crippen molar-refractivity contribution in [3.63, 3.8) is 0 Å². The van der Waals surface area contributed by atoms with E-state index in [0.29, 0.717) is 11.4 Å². The molecule has 3 aromatic rings. The van der Waals surface area contributed by atoms with Crippen LogP contribution in [0.2, 0.25) is 0 Å². The molecule has 160 valence electrons. The lowest BCUT2D eigenvalue weighted by molar-refractivity contribution is -0.141. The molecular formula is C20H21F4N5O. The summed E-state index contributed by atoms with van der Waals surface area (Å²) in [5.41, 5.74) is 2.77. The van der Waals surface area contributed by atoms with Gasteiger partial charge in [-0.05, 0) is 38.1 Å². The van der Waals surface area contributed by atoms with Crippen LogP contribution < -0.4 is 0 Å². The molecule has 2 heterocycles. The summed E-state index contributed by atoms with van der Waals surface area (Å²) in [6, 6.07) is 5.83. The molecule has 6 nitrogen and oxygen atoms in total. The molecule has 1 aromatic carbocycles. The zero-order valence-electron chi connectivity index (χ0n) is 16.7. The molecule has 0 atom stereocenters. The van der Waals surface area contributed by atoms with Crippen molar-refractivity contribution in [1.82, 2.24) is 24.2 Å². The summed E-state index contributed by atoms with van der Waals surface area (Å²) >= 11 is 0. The third kappa shape index (κ3) is 4.87. The van der Waals surface area contributed by atoms with Gasteiger partial charge in [-0.15, -0.1) is 0 Å². The molecule has 2 aromatic heterocycles. The quantitative estimate of drug-likeness (QED) is 0.570. The molecule has 30 heavy (non-hydrogen) atoms. The van der Waals surface area contributed by atoms with Crippen LogP contribution in [0.4, 0.5) is 17.6 Å². The Labute approximate surface area is 170 Å². The van der Waals surface area contributed by atoms with E-state index in [1.165, 1.54) is 36.5 Å². The summed E-state index contributed by atoms with van der Waals surface area (Å²) in [7, 11) is 1.52. The first kappa shape index (κ1) is 21.5. The van der Waals surface area contributed by atoms with Crippen molar-refractivity contribution in [2.75, 3.05) is 7.05 Å². The minimum Gasteiger partial charge on any atom is -0.338 e. The Kier molecular flexibility index (Phi) is 5.95. The molecule has 1 amide bonds. The number of hydrogen-bond acceptors (Lipinski definition) is 3. The fourth-order valence-corrected chi connectivity index (χ4v) is 3.18. The molecule has 0 radical (unpaired) electrons. The highest BCUT2D eigenvalue weighted by Crippen LogP contribution is 2.21. The van der Waals surface area contributed by atoms with Crippen LogP contribution in [0, 0.1) is 19.7 Å². The van der Waals surface area contributed by atoms with E-state index >= 15 is 0 Å². The maximum Gasteiger partial charge on any atom is 0.406 e. The van der Waals surface area contributed by atoms with E-state index in [1.807, 2.05) is 6.92 Å². The van der Waals surface area contributed by atoms with Crippen molar-refractivity contribution in [2.45, 2.75) is 39.5 Å². The second-order valence-corrected chi connectivity index (χ2v) is 7.05. The molecule has 0 saturated heterocycles. The van der Waals surface area contributed by atoms with Gasteiger partial charge in [-0.3, -0.25) is 4.79 Å². The van der Waals surface area contributed by atoms with E-state index < -0.39 is 12.7 Å². The Balaban J connectivity index is 1.73. The lowest BCUT2D eigenvalue weighted by atomic mass is 10.1. The fraction of sp³-hybridized carbons (Fsp3) is 0.350. The largest absolute Gasteiger partial charge is 0.406 e. The SMILES string of the molecule is Cc1nn(-c2ccc(F)cc2)c(C)c1CC(=O)N(C)Cc1nccn1CC(F)(F)F. The third-order valence-electron chi connectivity index (χ3n) is 4.80. The maximum atomic E-state index is 13.2. The van der Waals surface area contributed by atoms with Crippen molar-refractivity contribution >= 4 is 5.91 Å². The van der Waals surface area contributed by atoms with Crippen LogP contribution in [0.1, 0.15) is 22.8 Å². The van der Waals surface area contributed by atoms with Gasteiger partial charge in [0.2, 0.25) is 5.91 Å². The average Bonchev–Trinajstić information content (AvgIpc) is 3.19. The normalized spacial score (nSPS) is 11.7. The molecule has 0 aliphatic carbocycles. The Bertz CT molecular complexity index is 1040. The molecule has 0 bridgehead atoms. The topological polar surface area (TPSA) is 56.0 Å². The van der Waals surface area contributed by atoms with E-state index in [9.17, 15) is 22.4 Å². The standard InChI is InChI=1S/C20H21F4N5O/c1-13-17(14(2)29(26-13)16-6-4-15(21)5-7-16)10-19(30)27(3)11-18-25-8-9-28(18)12-20(22,23)24/h4-9H,10-12H2,1-3H3. The predicted molar refractivity (Wildman–Crippen MR) is 101 cm³/mol. The Morgan fingerprint density at radius 1 is 1.17 bits per heavy atom. The highest BCUT2D eigenvalue weighted by molar-refractivity contribution is 5.79. The van der Waals surface area contributed by atoms with Crippen LogP contribution >= 0.6 is 0 Å². The lowest BCUT2D eigenvalue weighted by Gasteiger charge is -2.18. The first-order valence-corrected chi connectivity index (χ1v) is 9.17. The van der Waals surface area contributed by atoms with Gasteiger partial charge in [-0.2, -0.15) is 18.3 Å². The molecule has 0 aliphatic heterocycles. The molecule has 0 N–H and O–H groups in total. The van der Waals surface area contributed by atoms with Gasteiger partial charge in [-0.1, -0.05) is 0 Å². The van der Waals surface area contributed by atoms with Gasteiger partial charge in [-0.25, -0.2) is 14.1 Å². The summed E-state index contributed by atoms with van der Waals surface area (Å²) in [4.78, 5) is 18.0. The van der Waals surface area contributed by atoms with E-state index in [0.717, 1.165) is 15.8 Å². The van der Waals surface area contributed by atoms with Crippen LogP contribution in [0.25, 0.3) is 5.69 Å². The number of aromatic nitrogens is 4. The number of benzene rings is 1. The van der Waals surface area contributed by atoms with Crippen LogP contribution in [0.5, 0.6) is 0 Å². The van der Waals surface area contributed by atoms with Crippen LogP contribution in [0.15, 0.2) is 36.7 Å². The average molecular weight is 423 g/mol. The molecule has 0 spiro atoms. The number of alkyl halides is 3. The van der Waals surface area contributed by atoms with Crippen molar-refractivity contribution in [1.29, 1.82) is 0 Å². The Morgan fingerprint density at radius 2 is 1.83 bits per heavy atom. The summed E-state index contributed by atoms with van der Waals surface area (Å²) in [5, 5.41) is 4.43. The van der Waals surface area contributed by atoms with E-state index in [1.54, 1.807) is 23.7 Å². The first-order chi connectivity index (χ1) is 14.0. The number of carbonyl (C=O) groups excluding carboxylic acids is 1. The molecule has 3 rings (SSSR count). The molecule has 0 unspecified atom stereocenters. The Morgan fingerprint density at radius 3 is 2.47 bits per heavy atom. The monoisotopic (exact) mass is 423 g/mol. The summed E-state index contributed by atoms with van der Waals surface area (Å²) in [6.45, 7) is 2.37. The van der Waals surface area contributed by atoms with Gasteiger partial charge in [0.25, 0.3) is 0 Å². The van der Waals surface area contributed by atoms with Gasteiger partial charge < -0.3 is 9.47 Å². The van der Waals surface area contributed by atoms with Crippen molar-refractivity contribution in [3.05, 3.63) is 65.3 Å². The second-order valence-electron chi connectivity index (χ2n) is 7.05. The first-order valence-electron chi connectivity index (χ1n) is 9.17. The van der Waals surface area contributed by atoms with Crippen LogP contribution in [-0.2, 0) is 24.3 Å². The Hall–Kier alpha value is -3.17. The number of carbonyl (C=O) groups is 1. The second kappa shape index (κ2) is 8.29. The van der Waals surface area contributed by atoms with Gasteiger partial charge >= 0.3 is 6.18 Å². The molecule has 0 saturated carbocycles. The molecule has 10 heteroatoms. The zero-order chi connectivity index (χ0) is 22.1. The zero-order valence-corrected chi connectivity index (χ0v) is 16.7. The highest BCUT2D eigenvalue weighted by atomic mass is 19.4. The highest BCUT2D eigenvalue weighted by Gasteiger charge is 2.29. The predicted octanol–water partition coefficient (Wildman–Crippen LogP) is 3.59. The van der Waals surface area contributed by atoms with E-state index in [2.05, 4.69) is 10.1 Å². The molecular weight excluding hydrogens is 402 g/mol. The number of halogens is 4. The number of likely N-dealkylation sites (N-methyl/N-ethyl adjacent to an activating group) is 1. The van der Waals surface area contributed by atoms with Gasteiger partial charge in [0.15, 0.2) is 0 Å². The number of aryl methyl sites for hydroxylation is 1. The van der Waals surface area contributed by atoms with Crippen molar-refractivity contribution < 1.29 is 22.4 Å². The van der Waals surface area contributed by atoms with Crippen molar-refractivity contribution in [2.24, 2.45) is 0 Å². The smallest absolute Gasteiger partial charge is 0.338 e. The number of hydrogen-bond donors (Lipinski definition) is 0.